The van der Waals surface area contributed by atoms with Crippen LogP contribution < -0.4 is 0 Å². The average molecular weight is 897 g/mol. The molecule has 0 bridgehead atoms. The number of fused-ring (bicyclic) bond motifs is 3. The highest BCUT2D eigenvalue weighted by molar-refractivity contribution is 7.26. The van der Waals surface area contributed by atoms with E-state index in [9.17, 15) is 0 Å². The Bertz CT molecular complexity index is 3500. The maximum absolute atomic E-state index is 5.10. The standard InChI is InChI=1S/C61H48N6S/c1-4-7-9-19-30-55-62-57(41(6-3)21-8-5-2)64-58(63-55)46-33-31-43(32-34-46)51-39-50(40-53-52-38-48(42-22-13-10-14-23-42)35-36-54(52)68-56(51)53)47-28-20-29-49(37-47)61-66-59(44-24-15-11-16-25-44)65-60(67-61)45-26-17-12-18-27-45/h4-11,13-17,19-29,31-40H,2,12,18,30H2,1,3H3/b7-4-,19-9-,21-8-,41-6+. The minimum atomic E-state index is 0.578. The van der Waals surface area contributed by atoms with E-state index in [-0.39, 0.29) is 0 Å². The summed E-state index contributed by atoms with van der Waals surface area (Å²) < 4.78 is 2.46. The molecule has 0 atom stereocenters. The molecule has 1 aliphatic rings. The van der Waals surface area contributed by atoms with Gasteiger partial charge in [-0.15, -0.1) is 11.3 Å². The van der Waals surface area contributed by atoms with Crippen LogP contribution in [0.4, 0.5) is 0 Å². The molecule has 7 heteroatoms. The number of benzene rings is 6. The number of allylic oxidation sites excluding steroid dienone is 13. The Morgan fingerprint density at radius 1 is 0.559 bits per heavy atom. The van der Waals surface area contributed by atoms with E-state index in [1.807, 2.05) is 79.8 Å². The van der Waals surface area contributed by atoms with Crippen molar-refractivity contribution < 1.29 is 0 Å². The highest BCUT2D eigenvalue weighted by Gasteiger charge is 2.18. The summed E-state index contributed by atoms with van der Waals surface area (Å²) in [5, 5.41) is 2.43. The molecule has 6 nitrogen and oxygen atoms in total. The zero-order chi connectivity index (χ0) is 46.2. The molecule has 0 radical (unpaired) electrons. The summed E-state index contributed by atoms with van der Waals surface area (Å²) in [5.74, 6) is 3.92. The van der Waals surface area contributed by atoms with Gasteiger partial charge in [0.05, 0.1) is 0 Å². The van der Waals surface area contributed by atoms with Crippen LogP contribution in [0.5, 0.6) is 0 Å². The zero-order valence-electron chi connectivity index (χ0n) is 38.0. The topological polar surface area (TPSA) is 77.3 Å². The van der Waals surface area contributed by atoms with Crippen LogP contribution >= 0.6 is 11.3 Å². The number of hydrogen-bond acceptors (Lipinski definition) is 7. The van der Waals surface area contributed by atoms with Gasteiger partial charge in [0, 0.05) is 60.0 Å². The Morgan fingerprint density at radius 3 is 1.97 bits per heavy atom. The molecule has 3 heterocycles. The minimum Gasteiger partial charge on any atom is -0.213 e. The van der Waals surface area contributed by atoms with Gasteiger partial charge in [0.1, 0.15) is 5.82 Å². The largest absolute Gasteiger partial charge is 0.213 e. The van der Waals surface area contributed by atoms with Gasteiger partial charge in [-0.2, -0.15) is 0 Å². The van der Waals surface area contributed by atoms with Crippen molar-refractivity contribution in [2.45, 2.75) is 33.1 Å². The second kappa shape index (κ2) is 20.1. The van der Waals surface area contributed by atoms with Gasteiger partial charge in [0.25, 0.3) is 0 Å². The van der Waals surface area contributed by atoms with Gasteiger partial charge in [0.15, 0.2) is 29.1 Å². The summed E-state index contributed by atoms with van der Waals surface area (Å²) in [7, 11) is 0. The van der Waals surface area contributed by atoms with Gasteiger partial charge in [-0.05, 0) is 84.8 Å². The summed E-state index contributed by atoms with van der Waals surface area (Å²) in [6.07, 6.45) is 24.8. The lowest BCUT2D eigenvalue weighted by Crippen LogP contribution is -2.04. The van der Waals surface area contributed by atoms with Crippen LogP contribution in [0.1, 0.15) is 44.2 Å². The lowest BCUT2D eigenvalue weighted by atomic mass is 9.94. The van der Waals surface area contributed by atoms with Gasteiger partial charge in [-0.1, -0.05) is 183 Å². The number of hydrogen-bond donors (Lipinski definition) is 0. The van der Waals surface area contributed by atoms with Gasteiger partial charge in [-0.25, -0.2) is 29.9 Å². The van der Waals surface area contributed by atoms with Crippen LogP contribution in [0.15, 0.2) is 213 Å². The fraction of sp³-hybridized carbons (Fsp3) is 0.0820. The van der Waals surface area contributed by atoms with E-state index in [2.05, 4.69) is 152 Å². The Morgan fingerprint density at radius 2 is 1.22 bits per heavy atom. The molecule has 0 fully saturated rings. The predicted octanol–water partition coefficient (Wildman–Crippen LogP) is 16.0. The fourth-order valence-corrected chi connectivity index (χ4v) is 9.64. The first-order chi connectivity index (χ1) is 33.5. The van der Waals surface area contributed by atoms with E-state index < -0.39 is 0 Å². The Labute approximate surface area is 401 Å². The molecule has 0 unspecified atom stereocenters. The maximum Gasteiger partial charge on any atom is 0.164 e. The summed E-state index contributed by atoms with van der Waals surface area (Å²) >= 11 is 1.83. The molecule has 1 aliphatic carbocycles. The van der Waals surface area contributed by atoms with Crippen molar-refractivity contribution >= 4 is 42.7 Å². The molecule has 0 saturated heterocycles. The monoisotopic (exact) mass is 896 g/mol. The molecule has 0 spiro atoms. The van der Waals surface area contributed by atoms with Crippen molar-refractivity contribution in [3.63, 3.8) is 0 Å². The normalized spacial score (nSPS) is 13.1. The molecule has 68 heavy (non-hydrogen) atoms. The maximum atomic E-state index is 5.10. The fourth-order valence-electron chi connectivity index (χ4n) is 8.44. The van der Waals surface area contributed by atoms with Crippen LogP contribution in [0.3, 0.4) is 0 Å². The zero-order valence-corrected chi connectivity index (χ0v) is 38.9. The Balaban J connectivity index is 1.10. The molecule has 0 saturated carbocycles. The van der Waals surface area contributed by atoms with E-state index in [0.29, 0.717) is 41.4 Å². The van der Waals surface area contributed by atoms with E-state index in [4.69, 9.17) is 29.9 Å². The third-order valence-electron chi connectivity index (χ3n) is 11.9. The van der Waals surface area contributed by atoms with E-state index >= 15 is 0 Å². The highest BCUT2D eigenvalue weighted by Crippen LogP contribution is 2.44. The number of aromatic nitrogens is 6. The first-order valence-corrected chi connectivity index (χ1v) is 23.8. The molecule has 0 N–H and O–H groups in total. The number of thiophene rings is 1. The molecule has 328 valence electrons. The molecular formula is C61H48N6S. The molecule has 0 aliphatic heterocycles. The third-order valence-corrected chi connectivity index (χ3v) is 13.1. The van der Waals surface area contributed by atoms with Crippen molar-refractivity contribution in [3.05, 3.63) is 230 Å². The van der Waals surface area contributed by atoms with Gasteiger partial charge >= 0.3 is 0 Å². The van der Waals surface area contributed by atoms with Crippen LogP contribution in [0.25, 0.3) is 98.9 Å². The average Bonchev–Trinajstić information content (AvgIpc) is 3.78. The van der Waals surface area contributed by atoms with Crippen LogP contribution in [0, 0.1) is 0 Å². The summed E-state index contributed by atoms with van der Waals surface area (Å²) in [4.78, 5) is 30.0. The first kappa shape index (κ1) is 43.6. The van der Waals surface area contributed by atoms with Gasteiger partial charge in [-0.3, -0.25) is 0 Å². The van der Waals surface area contributed by atoms with Crippen molar-refractivity contribution in [2.24, 2.45) is 0 Å². The van der Waals surface area contributed by atoms with Crippen molar-refractivity contribution in [3.8, 4) is 67.5 Å². The van der Waals surface area contributed by atoms with E-state index in [1.54, 1.807) is 6.08 Å². The lowest BCUT2D eigenvalue weighted by molar-refractivity contribution is 0.923. The van der Waals surface area contributed by atoms with Gasteiger partial charge in [0.2, 0.25) is 0 Å². The first-order valence-electron chi connectivity index (χ1n) is 23.0. The summed E-state index contributed by atoms with van der Waals surface area (Å²) in [5.41, 5.74) is 11.5. The molecule has 6 aromatic carbocycles. The number of nitrogens with zero attached hydrogens (tertiary/aromatic N) is 6. The molecule has 10 rings (SSSR count). The Kier molecular flexibility index (Phi) is 12.9. The summed E-state index contributed by atoms with van der Waals surface area (Å²) in [6, 6.07) is 49.5. The Hall–Kier alpha value is -8.26. The van der Waals surface area contributed by atoms with Crippen molar-refractivity contribution in [2.75, 3.05) is 0 Å². The quantitative estimate of drug-likeness (QED) is 0.107. The smallest absolute Gasteiger partial charge is 0.164 e. The van der Waals surface area contributed by atoms with Crippen molar-refractivity contribution in [1.29, 1.82) is 0 Å². The van der Waals surface area contributed by atoms with E-state index in [1.165, 1.54) is 31.3 Å². The SMILES string of the molecule is C=C/C=C\C(=C/C)c1nc(C/C=C\C=C/C)nc(-c2ccc(-c3cc(-c4cccc(-c5nc(C6=CCCC=C6)nc(-c6ccccc6)n5)c4)cc4c3sc3ccc(-c5ccccc5)cc34)cc2)n1. The minimum absolute atomic E-state index is 0.578. The van der Waals surface area contributed by atoms with E-state index in [0.717, 1.165) is 62.9 Å². The summed E-state index contributed by atoms with van der Waals surface area (Å²) in [6.45, 7) is 7.85. The van der Waals surface area contributed by atoms with Crippen molar-refractivity contribution in [1.82, 2.24) is 29.9 Å². The second-order valence-corrected chi connectivity index (χ2v) is 17.5. The lowest BCUT2D eigenvalue weighted by Gasteiger charge is -2.13. The van der Waals surface area contributed by atoms with Crippen LogP contribution in [-0.2, 0) is 6.42 Å². The molecule has 0 amide bonds. The third kappa shape index (κ3) is 9.38. The second-order valence-electron chi connectivity index (χ2n) is 16.4. The van der Waals surface area contributed by atoms with Crippen LogP contribution in [0.2, 0.25) is 0 Å². The molecule has 9 aromatic rings. The molecular weight excluding hydrogens is 849 g/mol. The van der Waals surface area contributed by atoms with Gasteiger partial charge < -0.3 is 0 Å². The van der Waals surface area contributed by atoms with Crippen LogP contribution in [-0.4, -0.2) is 29.9 Å². The highest BCUT2D eigenvalue weighted by atomic mass is 32.1. The molecule has 3 aromatic heterocycles. The number of rotatable bonds is 13. The predicted molar refractivity (Wildman–Crippen MR) is 286 cm³/mol.